The third kappa shape index (κ3) is 4.96. The van der Waals surface area contributed by atoms with Gasteiger partial charge in [-0.15, -0.1) is 0 Å². The third-order valence-electron chi connectivity index (χ3n) is 5.42. The normalized spacial score (nSPS) is 13.8. The third-order valence-corrected chi connectivity index (χ3v) is 5.42. The summed E-state index contributed by atoms with van der Waals surface area (Å²) in [5, 5.41) is 14.2. The number of pyridine rings is 1. The number of aromatic nitrogens is 3. The molecule has 0 fully saturated rings. The Bertz CT molecular complexity index is 1140. The molecule has 0 bridgehead atoms. The van der Waals surface area contributed by atoms with E-state index in [9.17, 15) is 19.1 Å². The van der Waals surface area contributed by atoms with Crippen LogP contribution in [0.3, 0.4) is 0 Å². The number of nitrogens with zero attached hydrogens (tertiary/aromatic N) is 3. The fourth-order valence-corrected chi connectivity index (χ4v) is 3.22. The first-order valence-electron chi connectivity index (χ1n) is 10.0. The van der Waals surface area contributed by atoms with Crippen LogP contribution < -0.4 is 5.56 Å². The lowest BCUT2D eigenvalue weighted by molar-refractivity contribution is 0.0291. The predicted octanol–water partition coefficient (Wildman–Crippen LogP) is 4.05. The number of rotatable bonds is 7. The number of carbonyl (C=O) groups is 1. The van der Waals surface area contributed by atoms with Crippen LogP contribution in [0.15, 0.2) is 45.8 Å². The molecule has 1 aromatic carbocycles. The lowest BCUT2D eigenvalue weighted by Crippen LogP contribution is -2.37. The number of halogens is 1. The fourth-order valence-electron chi connectivity index (χ4n) is 3.22. The highest BCUT2D eigenvalue weighted by molar-refractivity contribution is 5.97. The number of hydrogen-bond acceptors (Lipinski definition) is 6. The Kier molecular flexibility index (Phi) is 6.22. The van der Waals surface area contributed by atoms with E-state index in [0.717, 1.165) is 0 Å². The molecule has 0 saturated heterocycles. The summed E-state index contributed by atoms with van der Waals surface area (Å²) in [6.07, 6.45) is 1.56. The first-order chi connectivity index (χ1) is 14.5. The molecule has 1 unspecified atom stereocenters. The molecule has 1 N–H and O–H groups in total. The van der Waals surface area contributed by atoms with E-state index in [0.29, 0.717) is 22.8 Å². The number of Topliss-reactive ketones (excluding diaryl/α,β-unsaturated/α-hetero) is 1. The molecule has 7 nitrogen and oxygen atoms in total. The van der Waals surface area contributed by atoms with Gasteiger partial charge >= 0.3 is 0 Å². The quantitative estimate of drug-likeness (QED) is 0.571. The van der Waals surface area contributed by atoms with Crippen molar-refractivity contribution in [3.63, 3.8) is 0 Å². The summed E-state index contributed by atoms with van der Waals surface area (Å²) in [5.41, 5.74) is -0.543. The van der Waals surface area contributed by atoms with E-state index < -0.39 is 17.5 Å². The van der Waals surface area contributed by atoms with Gasteiger partial charge in [-0.1, -0.05) is 24.2 Å². The van der Waals surface area contributed by atoms with Crippen LogP contribution in [0.1, 0.15) is 68.1 Å². The maximum atomic E-state index is 13.4. The minimum absolute atomic E-state index is 0.0968. The molecule has 3 aromatic rings. The Labute approximate surface area is 179 Å². The van der Waals surface area contributed by atoms with Crippen LogP contribution in [0, 0.1) is 12.7 Å². The Morgan fingerprint density at radius 1 is 1.26 bits per heavy atom. The van der Waals surface area contributed by atoms with E-state index in [-0.39, 0.29) is 29.2 Å². The zero-order valence-electron chi connectivity index (χ0n) is 18.2. The van der Waals surface area contributed by atoms with E-state index >= 15 is 0 Å². The fraction of sp³-hybridized carbons (Fsp3) is 0.391. The summed E-state index contributed by atoms with van der Waals surface area (Å²) in [6, 6.07) is 6.40. The van der Waals surface area contributed by atoms with Crippen molar-refractivity contribution in [3.8, 4) is 11.1 Å². The maximum absolute atomic E-state index is 13.4. The Morgan fingerprint density at radius 2 is 1.90 bits per heavy atom. The van der Waals surface area contributed by atoms with Crippen molar-refractivity contribution >= 4 is 5.78 Å². The van der Waals surface area contributed by atoms with Gasteiger partial charge in [0.15, 0.2) is 11.6 Å². The molecule has 0 amide bonds. The highest BCUT2D eigenvalue weighted by Crippen LogP contribution is 2.26. The number of aliphatic hydroxyl groups is 1. The van der Waals surface area contributed by atoms with Crippen molar-refractivity contribution in [2.24, 2.45) is 0 Å². The zero-order chi connectivity index (χ0) is 22.9. The zero-order valence-corrected chi connectivity index (χ0v) is 18.2. The summed E-state index contributed by atoms with van der Waals surface area (Å²) >= 11 is 0. The molecule has 2 aromatic heterocycles. The highest BCUT2D eigenvalue weighted by Gasteiger charge is 2.27. The largest absolute Gasteiger partial charge is 0.388 e. The van der Waals surface area contributed by atoms with Gasteiger partial charge in [0.25, 0.3) is 5.56 Å². The molecule has 8 heteroatoms. The standard InChI is InChI=1S/C23H26FN3O4/c1-13(21-25-15(3)26-31-21)10-20(28)17-11-19(16-6-8-18(24)9-7-16)22(29)27(12-17)14(2)23(4,5)30/h6-9,11-14,30H,10H2,1-5H3/t13-,14?/m0/s1. The average Bonchev–Trinajstić information content (AvgIpc) is 3.14. The highest BCUT2D eigenvalue weighted by atomic mass is 19.1. The lowest BCUT2D eigenvalue weighted by atomic mass is 9.96. The predicted molar refractivity (Wildman–Crippen MR) is 114 cm³/mol. The molecule has 31 heavy (non-hydrogen) atoms. The van der Waals surface area contributed by atoms with E-state index in [1.165, 1.54) is 41.1 Å². The summed E-state index contributed by atoms with van der Waals surface area (Å²) in [6.45, 7) is 8.39. The minimum atomic E-state index is -1.21. The number of aryl methyl sites for hydroxylation is 1. The van der Waals surface area contributed by atoms with Crippen molar-refractivity contribution in [2.75, 3.05) is 0 Å². The van der Waals surface area contributed by atoms with Gasteiger partial charge in [-0.3, -0.25) is 9.59 Å². The average molecular weight is 427 g/mol. The van der Waals surface area contributed by atoms with Crippen LogP contribution in [0.2, 0.25) is 0 Å². The van der Waals surface area contributed by atoms with Gasteiger partial charge in [0.1, 0.15) is 5.82 Å². The van der Waals surface area contributed by atoms with Crippen LogP contribution >= 0.6 is 0 Å². The Morgan fingerprint density at radius 3 is 2.45 bits per heavy atom. The second-order valence-corrected chi connectivity index (χ2v) is 8.40. The lowest BCUT2D eigenvalue weighted by Gasteiger charge is -2.28. The first-order valence-corrected chi connectivity index (χ1v) is 10.0. The number of carbonyl (C=O) groups excluding carboxylic acids is 1. The summed E-state index contributed by atoms with van der Waals surface area (Å²) in [5.74, 6) is -0.105. The molecule has 0 saturated carbocycles. The molecule has 2 atom stereocenters. The Hall–Kier alpha value is -3.13. The van der Waals surface area contributed by atoms with Crippen molar-refractivity contribution in [1.82, 2.24) is 14.7 Å². The van der Waals surface area contributed by atoms with Gasteiger partial charge in [0.2, 0.25) is 5.89 Å². The minimum Gasteiger partial charge on any atom is -0.388 e. The molecule has 3 rings (SSSR count). The van der Waals surface area contributed by atoms with E-state index in [1.54, 1.807) is 34.6 Å². The van der Waals surface area contributed by atoms with E-state index in [4.69, 9.17) is 4.52 Å². The van der Waals surface area contributed by atoms with Crippen LogP contribution in [0.4, 0.5) is 4.39 Å². The smallest absolute Gasteiger partial charge is 0.258 e. The van der Waals surface area contributed by atoms with Crippen LogP contribution in [0.25, 0.3) is 11.1 Å². The molecule has 0 spiro atoms. The van der Waals surface area contributed by atoms with Gasteiger partial charge in [-0.25, -0.2) is 4.39 Å². The van der Waals surface area contributed by atoms with Crippen LogP contribution in [-0.2, 0) is 0 Å². The van der Waals surface area contributed by atoms with Gasteiger partial charge < -0.3 is 14.2 Å². The second-order valence-electron chi connectivity index (χ2n) is 8.40. The maximum Gasteiger partial charge on any atom is 0.258 e. The monoisotopic (exact) mass is 427 g/mol. The molecule has 0 aliphatic heterocycles. The van der Waals surface area contributed by atoms with Gasteiger partial charge in [-0.05, 0) is 51.5 Å². The molecule has 2 heterocycles. The number of hydrogen-bond donors (Lipinski definition) is 1. The van der Waals surface area contributed by atoms with Crippen LogP contribution in [-0.4, -0.2) is 31.2 Å². The van der Waals surface area contributed by atoms with Crippen molar-refractivity contribution < 1.29 is 18.8 Å². The molecular formula is C23H26FN3O4. The van der Waals surface area contributed by atoms with Gasteiger partial charge in [0, 0.05) is 29.7 Å². The number of ketones is 1. The van der Waals surface area contributed by atoms with E-state index in [2.05, 4.69) is 10.1 Å². The SMILES string of the molecule is Cc1noc([C@@H](C)CC(=O)c2cc(-c3ccc(F)cc3)c(=O)n(C(C)C(C)(C)O)c2)n1. The van der Waals surface area contributed by atoms with Crippen molar-refractivity contribution in [3.05, 3.63) is 70.0 Å². The molecule has 164 valence electrons. The molecular weight excluding hydrogens is 401 g/mol. The topological polar surface area (TPSA) is 98.2 Å². The van der Waals surface area contributed by atoms with Gasteiger partial charge in [-0.2, -0.15) is 4.98 Å². The first kappa shape index (κ1) is 22.6. The summed E-state index contributed by atoms with van der Waals surface area (Å²) in [4.78, 5) is 30.4. The van der Waals surface area contributed by atoms with Crippen LogP contribution in [0.5, 0.6) is 0 Å². The Balaban J connectivity index is 2.06. The molecule has 0 aliphatic rings. The second kappa shape index (κ2) is 8.55. The van der Waals surface area contributed by atoms with Crippen molar-refractivity contribution in [2.45, 2.75) is 58.6 Å². The van der Waals surface area contributed by atoms with Crippen molar-refractivity contribution in [1.29, 1.82) is 0 Å². The molecule has 0 radical (unpaired) electrons. The number of benzene rings is 1. The summed E-state index contributed by atoms with van der Waals surface area (Å²) < 4.78 is 19.9. The molecule has 0 aliphatic carbocycles. The van der Waals surface area contributed by atoms with Gasteiger partial charge in [0.05, 0.1) is 11.6 Å². The van der Waals surface area contributed by atoms with E-state index in [1.807, 2.05) is 0 Å². The summed E-state index contributed by atoms with van der Waals surface area (Å²) in [7, 11) is 0.